The van der Waals surface area contributed by atoms with E-state index in [1.807, 2.05) is 18.2 Å². The van der Waals surface area contributed by atoms with Crippen molar-refractivity contribution < 1.29 is 8.83 Å². The number of hydrogen-bond acceptors (Lipinski definition) is 6. The van der Waals surface area contributed by atoms with Gasteiger partial charge in [0.1, 0.15) is 16.9 Å². The molecule has 0 N–H and O–H groups in total. The molecule has 0 amide bonds. The molecular formula is C34H33N5O2. The molecule has 0 aliphatic heterocycles. The van der Waals surface area contributed by atoms with Gasteiger partial charge < -0.3 is 8.83 Å². The molecule has 0 saturated carbocycles. The number of oxazole rings is 1. The number of rotatable bonds is 4. The van der Waals surface area contributed by atoms with E-state index in [-0.39, 0.29) is 5.41 Å². The molecule has 0 aliphatic carbocycles. The molecule has 7 heteroatoms. The molecule has 3 aromatic carbocycles. The summed E-state index contributed by atoms with van der Waals surface area (Å²) in [4.78, 5) is 19.4. The molecule has 0 radical (unpaired) electrons. The molecule has 0 atom stereocenters. The Hall–Kier alpha value is -4.52. The highest BCUT2D eigenvalue weighted by atomic mass is 16.4. The monoisotopic (exact) mass is 543 g/mol. The van der Waals surface area contributed by atoms with E-state index in [0.29, 0.717) is 45.9 Å². The van der Waals surface area contributed by atoms with Gasteiger partial charge in [0.2, 0.25) is 17.3 Å². The smallest absolute Gasteiger partial charge is 0.269 e. The first-order valence-corrected chi connectivity index (χ1v) is 14.2. The minimum absolute atomic E-state index is 0.251. The summed E-state index contributed by atoms with van der Waals surface area (Å²) >= 11 is 0. The molecule has 4 aromatic heterocycles. The predicted molar refractivity (Wildman–Crippen MR) is 164 cm³/mol. The summed E-state index contributed by atoms with van der Waals surface area (Å²) in [5, 5.41) is 0.868. The number of hydrogen-bond donors (Lipinski definition) is 0. The molecular weight excluding hydrogens is 510 g/mol. The first-order valence-electron chi connectivity index (χ1n) is 14.2. The zero-order valence-electron chi connectivity index (χ0n) is 24.5. The molecule has 0 unspecified atom stereocenters. The molecule has 0 bridgehead atoms. The average Bonchev–Trinajstić information content (AvgIpc) is 3.63. The van der Waals surface area contributed by atoms with Crippen LogP contribution in [0.1, 0.15) is 77.3 Å². The Kier molecular flexibility index (Phi) is 5.58. The number of benzene rings is 3. The maximum atomic E-state index is 6.47. The van der Waals surface area contributed by atoms with Gasteiger partial charge in [-0.15, -0.1) is 0 Å². The van der Waals surface area contributed by atoms with E-state index in [9.17, 15) is 0 Å². The lowest BCUT2D eigenvalue weighted by atomic mass is 9.92. The van der Waals surface area contributed by atoms with Gasteiger partial charge in [-0.1, -0.05) is 84.9 Å². The van der Waals surface area contributed by atoms with E-state index >= 15 is 0 Å². The van der Waals surface area contributed by atoms with Crippen LogP contribution in [0, 0.1) is 0 Å². The molecule has 4 heterocycles. The summed E-state index contributed by atoms with van der Waals surface area (Å²) in [6.07, 6.45) is 0. The van der Waals surface area contributed by atoms with Gasteiger partial charge in [-0.05, 0) is 47.2 Å². The Morgan fingerprint density at radius 3 is 2.12 bits per heavy atom. The van der Waals surface area contributed by atoms with Crippen LogP contribution in [-0.2, 0) is 5.41 Å². The highest BCUT2D eigenvalue weighted by Crippen LogP contribution is 2.40. The number of aromatic nitrogens is 5. The summed E-state index contributed by atoms with van der Waals surface area (Å²) in [7, 11) is 0. The van der Waals surface area contributed by atoms with Crippen molar-refractivity contribution in [2.45, 2.75) is 65.7 Å². The highest BCUT2D eigenvalue weighted by Gasteiger charge is 2.26. The van der Waals surface area contributed by atoms with E-state index in [1.54, 1.807) is 0 Å². The van der Waals surface area contributed by atoms with Gasteiger partial charge >= 0.3 is 0 Å². The third-order valence-electron chi connectivity index (χ3n) is 7.69. The summed E-state index contributed by atoms with van der Waals surface area (Å²) in [6.45, 7) is 15.1. The van der Waals surface area contributed by atoms with E-state index in [1.165, 1.54) is 16.8 Å². The maximum absolute atomic E-state index is 6.47. The van der Waals surface area contributed by atoms with Gasteiger partial charge in [0.25, 0.3) is 5.71 Å². The van der Waals surface area contributed by atoms with Crippen molar-refractivity contribution in [3.05, 3.63) is 77.7 Å². The lowest BCUT2D eigenvalue weighted by Gasteiger charge is -2.22. The molecule has 0 fully saturated rings. The van der Waals surface area contributed by atoms with Crippen LogP contribution in [-0.4, -0.2) is 24.5 Å². The number of furan rings is 1. The van der Waals surface area contributed by atoms with Crippen LogP contribution in [0.2, 0.25) is 0 Å². The fourth-order valence-electron chi connectivity index (χ4n) is 5.63. The molecule has 7 rings (SSSR count). The largest absolute Gasteiger partial charge is 0.435 e. The van der Waals surface area contributed by atoms with Gasteiger partial charge in [0.05, 0.1) is 22.3 Å². The molecule has 0 aliphatic rings. The van der Waals surface area contributed by atoms with Crippen molar-refractivity contribution in [2.24, 2.45) is 0 Å². The maximum Gasteiger partial charge on any atom is 0.269 e. The first-order chi connectivity index (χ1) is 19.6. The zero-order valence-corrected chi connectivity index (χ0v) is 24.5. The lowest BCUT2D eigenvalue weighted by Crippen LogP contribution is -2.11. The fourth-order valence-corrected chi connectivity index (χ4v) is 5.63. The van der Waals surface area contributed by atoms with Crippen LogP contribution in [0.25, 0.3) is 61.7 Å². The standard InChI is InChI=1S/C34H33N5O2/c1-18(2)20-12-10-13-21(19(3)4)27(20)39-25-17-9-8-16-24(25)35-30(39)23-15-11-14-22-26-31(40-28(22)23)38-32-29(36-26)37-33(41-32)34(5,6)7/h8-19H,1-7H3. The predicted octanol–water partition coefficient (Wildman–Crippen LogP) is 9.07. The normalized spacial score (nSPS) is 12.7. The van der Waals surface area contributed by atoms with Gasteiger partial charge in [-0.3, -0.25) is 4.57 Å². The lowest BCUT2D eigenvalue weighted by molar-refractivity contribution is 0.407. The van der Waals surface area contributed by atoms with Crippen LogP contribution in [0.15, 0.2) is 69.5 Å². The van der Waals surface area contributed by atoms with E-state index < -0.39 is 0 Å². The van der Waals surface area contributed by atoms with Crippen molar-refractivity contribution >= 4 is 44.6 Å². The number of fused-ring (bicyclic) bond motifs is 5. The number of imidazole rings is 1. The van der Waals surface area contributed by atoms with Crippen molar-refractivity contribution in [3.63, 3.8) is 0 Å². The zero-order chi connectivity index (χ0) is 28.6. The Balaban J connectivity index is 1.54. The van der Waals surface area contributed by atoms with Crippen molar-refractivity contribution in [2.75, 3.05) is 0 Å². The van der Waals surface area contributed by atoms with Gasteiger partial charge in [-0.25, -0.2) is 9.97 Å². The second-order valence-electron chi connectivity index (χ2n) is 12.4. The van der Waals surface area contributed by atoms with Crippen molar-refractivity contribution in [1.82, 2.24) is 24.5 Å². The topological polar surface area (TPSA) is 82.8 Å². The Morgan fingerprint density at radius 2 is 1.41 bits per heavy atom. The molecule has 7 nitrogen and oxygen atoms in total. The van der Waals surface area contributed by atoms with Crippen LogP contribution >= 0.6 is 0 Å². The van der Waals surface area contributed by atoms with Gasteiger partial charge in [-0.2, -0.15) is 9.97 Å². The molecule has 0 saturated heterocycles. The van der Waals surface area contributed by atoms with Crippen LogP contribution in [0.4, 0.5) is 0 Å². The minimum atomic E-state index is -0.251. The van der Waals surface area contributed by atoms with Crippen LogP contribution in [0.3, 0.4) is 0 Å². The van der Waals surface area contributed by atoms with Crippen LogP contribution in [0.5, 0.6) is 0 Å². The van der Waals surface area contributed by atoms with E-state index in [0.717, 1.165) is 27.8 Å². The summed E-state index contributed by atoms with van der Waals surface area (Å²) < 4.78 is 14.8. The quantitative estimate of drug-likeness (QED) is 0.220. The van der Waals surface area contributed by atoms with Gasteiger partial charge in [0.15, 0.2) is 0 Å². The van der Waals surface area contributed by atoms with Gasteiger partial charge in [0, 0.05) is 10.8 Å². The fraction of sp³-hybridized carbons (Fsp3) is 0.294. The third kappa shape index (κ3) is 3.94. The van der Waals surface area contributed by atoms with E-state index in [4.69, 9.17) is 23.8 Å². The van der Waals surface area contributed by atoms with E-state index in [2.05, 4.69) is 100 Å². The third-order valence-corrected chi connectivity index (χ3v) is 7.69. The molecule has 206 valence electrons. The molecule has 41 heavy (non-hydrogen) atoms. The highest BCUT2D eigenvalue weighted by molar-refractivity contribution is 6.08. The molecule has 7 aromatic rings. The Bertz CT molecular complexity index is 2080. The second kappa shape index (κ2) is 8.99. The Morgan fingerprint density at radius 1 is 0.707 bits per heavy atom. The summed E-state index contributed by atoms with van der Waals surface area (Å²) in [5.74, 6) is 2.08. The van der Waals surface area contributed by atoms with Crippen molar-refractivity contribution in [1.29, 1.82) is 0 Å². The average molecular weight is 544 g/mol. The number of nitrogens with zero attached hydrogens (tertiary/aromatic N) is 5. The minimum Gasteiger partial charge on any atom is -0.435 e. The Labute approximate surface area is 238 Å². The SMILES string of the molecule is CC(C)c1cccc(C(C)C)c1-n1c(-c2cccc3c2oc2nc4oc(C(C)(C)C)nc4nc23)nc2ccccc21. The first kappa shape index (κ1) is 25.4. The van der Waals surface area contributed by atoms with Crippen LogP contribution < -0.4 is 0 Å². The number of para-hydroxylation sites is 4. The summed E-state index contributed by atoms with van der Waals surface area (Å²) in [6, 6.07) is 21.1. The second-order valence-corrected chi connectivity index (χ2v) is 12.4. The molecule has 0 spiro atoms. The summed E-state index contributed by atoms with van der Waals surface area (Å²) in [5.41, 5.74) is 8.99. The van der Waals surface area contributed by atoms with Crippen molar-refractivity contribution in [3.8, 4) is 17.1 Å².